The molecule has 3 heterocycles. The van der Waals surface area contributed by atoms with E-state index in [0.717, 1.165) is 54.4 Å². The number of carbonyl (C=O) groups is 3. The van der Waals surface area contributed by atoms with Gasteiger partial charge in [-0.2, -0.15) is 5.10 Å². The van der Waals surface area contributed by atoms with Crippen LogP contribution >= 0.6 is 0 Å². The van der Waals surface area contributed by atoms with E-state index in [1.54, 1.807) is 19.0 Å². The van der Waals surface area contributed by atoms with Crippen LogP contribution in [0.1, 0.15) is 70.4 Å². The molecular weight excluding hydrogens is 568 g/mol. The summed E-state index contributed by atoms with van der Waals surface area (Å²) in [5.74, 6) is 0.431. The average Bonchev–Trinajstić information content (AvgIpc) is 3.38. The number of hydrogen-bond acceptors (Lipinski definition) is 6. The molecule has 0 aliphatic carbocycles. The fraction of sp³-hybridized carbons (Fsp3) is 0.471. The molecule has 0 spiro atoms. The highest BCUT2D eigenvalue weighted by Gasteiger charge is 2.33. The van der Waals surface area contributed by atoms with E-state index in [-0.39, 0.29) is 29.8 Å². The number of anilines is 2. The zero-order valence-corrected chi connectivity index (χ0v) is 27.5. The summed E-state index contributed by atoms with van der Waals surface area (Å²) in [7, 11) is 7.58. The highest BCUT2D eigenvalue weighted by molar-refractivity contribution is 5.95. The number of rotatable bonds is 9. The van der Waals surface area contributed by atoms with E-state index < -0.39 is 0 Å². The Labute approximate surface area is 266 Å². The van der Waals surface area contributed by atoms with Crippen molar-refractivity contribution < 1.29 is 14.4 Å². The van der Waals surface area contributed by atoms with Crippen molar-refractivity contribution in [1.29, 1.82) is 0 Å². The number of nitrogens with one attached hydrogen (secondary N) is 2. The minimum Gasteiger partial charge on any atom is -0.366 e. The average molecular weight is 615 g/mol. The van der Waals surface area contributed by atoms with Crippen LogP contribution in [0, 0.1) is 5.92 Å². The molecule has 0 bridgehead atoms. The molecule has 240 valence electrons. The molecule has 45 heavy (non-hydrogen) atoms. The Bertz CT molecular complexity index is 1520. The molecule has 2 aromatic carbocycles. The molecular formula is C34H46N8O3. The monoisotopic (exact) mass is 614 g/mol. The molecule has 2 aliphatic heterocycles. The molecule has 11 heteroatoms. The van der Waals surface area contributed by atoms with Crippen molar-refractivity contribution in [3.63, 3.8) is 0 Å². The van der Waals surface area contributed by atoms with Gasteiger partial charge in [-0.05, 0) is 69.9 Å². The Balaban J connectivity index is 1.23. The maximum atomic E-state index is 13.6. The van der Waals surface area contributed by atoms with Crippen LogP contribution in [0.4, 0.5) is 16.2 Å². The summed E-state index contributed by atoms with van der Waals surface area (Å²) in [6.45, 7) is 10.5. The van der Waals surface area contributed by atoms with Crippen molar-refractivity contribution in [3.05, 3.63) is 76.6 Å². The first-order chi connectivity index (χ1) is 21.4. The van der Waals surface area contributed by atoms with Gasteiger partial charge in [-0.3, -0.25) is 14.3 Å². The highest BCUT2D eigenvalue weighted by Crippen LogP contribution is 2.35. The molecule has 0 radical (unpaired) electrons. The molecule has 0 saturated carbocycles. The number of urea groups is 1. The molecule has 1 aromatic heterocycles. The molecule has 0 unspecified atom stereocenters. The van der Waals surface area contributed by atoms with Crippen molar-refractivity contribution in [3.8, 4) is 0 Å². The number of benzene rings is 2. The summed E-state index contributed by atoms with van der Waals surface area (Å²) in [5.41, 5.74) is 5.77. The SMILES string of the molecule is CC(C)n1nc(C(=O)NCc2ccc(NC(=O)N3CC(CN(C)C)C3)cc2)c2c1[C@@H](C)CN(c1ccc(C(=O)N(C)C)cc1)C2. The van der Waals surface area contributed by atoms with E-state index in [2.05, 4.69) is 41.2 Å². The van der Waals surface area contributed by atoms with Crippen molar-refractivity contribution in [2.75, 3.05) is 64.6 Å². The second-order valence-corrected chi connectivity index (χ2v) is 13.1. The molecule has 2 aliphatic rings. The number of aromatic nitrogens is 2. The summed E-state index contributed by atoms with van der Waals surface area (Å²) in [6, 6.07) is 15.2. The summed E-state index contributed by atoms with van der Waals surface area (Å²) in [5, 5.41) is 10.8. The van der Waals surface area contributed by atoms with Crippen LogP contribution in [0.15, 0.2) is 48.5 Å². The first-order valence-electron chi connectivity index (χ1n) is 15.7. The fourth-order valence-corrected chi connectivity index (χ4v) is 6.22. The van der Waals surface area contributed by atoms with Crippen LogP contribution < -0.4 is 15.5 Å². The molecule has 4 amide bonds. The lowest BCUT2D eigenvalue weighted by Gasteiger charge is -2.40. The summed E-state index contributed by atoms with van der Waals surface area (Å²) >= 11 is 0. The van der Waals surface area contributed by atoms with Crippen molar-refractivity contribution in [2.45, 2.75) is 45.8 Å². The number of amides is 4. The molecule has 5 rings (SSSR count). The Hall–Kier alpha value is -4.38. The van der Waals surface area contributed by atoms with Gasteiger partial charge in [0.05, 0.1) is 0 Å². The number of likely N-dealkylation sites (tertiary alicyclic amines) is 1. The predicted octanol–water partition coefficient (Wildman–Crippen LogP) is 4.24. The second-order valence-electron chi connectivity index (χ2n) is 13.1. The van der Waals surface area contributed by atoms with E-state index in [0.29, 0.717) is 30.3 Å². The predicted molar refractivity (Wildman–Crippen MR) is 177 cm³/mol. The van der Waals surface area contributed by atoms with Crippen molar-refractivity contribution in [1.82, 2.24) is 29.8 Å². The number of fused-ring (bicyclic) bond motifs is 1. The molecule has 1 fully saturated rings. The van der Waals surface area contributed by atoms with Crippen molar-refractivity contribution in [2.24, 2.45) is 5.92 Å². The van der Waals surface area contributed by atoms with Crippen LogP contribution in [0.2, 0.25) is 0 Å². The van der Waals surface area contributed by atoms with E-state index >= 15 is 0 Å². The van der Waals surface area contributed by atoms with Gasteiger partial charge in [-0.25, -0.2) is 4.79 Å². The Morgan fingerprint density at radius 1 is 0.956 bits per heavy atom. The second kappa shape index (κ2) is 13.3. The lowest BCUT2D eigenvalue weighted by Crippen LogP contribution is -2.54. The van der Waals surface area contributed by atoms with Gasteiger partial charge in [-0.1, -0.05) is 19.1 Å². The third-order valence-corrected chi connectivity index (χ3v) is 8.48. The lowest BCUT2D eigenvalue weighted by atomic mass is 9.95. The Morgan fingerprint density at radius 2 is 1.62 bits per heavy atom. The largest absolute Gasteiger partial charge is 0.366 e. The maximum absolute atomic E-state index is 13.6. The summed E-state index contributed by atoms with van der Waals surface area (Å²) in [4.78, 5) is 46.3. The van der Waals surface area contributed by atoms with Crippen LogP contribution in [0.3, 0.4) is 0 Å². The number of carbonyl (C=O) groups excluding carboxylic acids is 3. The molecule has 2 N–H and O–H groups in total. The van der Waals surface area contributed by atoms with Crippen LogP contribution in [-0.4, -0.2) is 96.7 Å². The molecule has 1 atom stereocenters. The fourth-order valence-electron chi connectivity index (χ4n) is 6.22. The van der Waals surface area contributed by atoms with Crippen molar-refractivity contribution >= 4 is 29.2 Å². The van der Waals surface area contributed by atoms with Gasteiger partial charge in [-0.15, -0.1) is 0 Å². The molecule has 1 saturated heterocycles. The first kappa shape index (κ1) is 32.0. The smallest absolute Gasteiger partial charge is 0.321 e. The van der Waals surface area contributed by atoms with Gasteiger partial charge in [0.25, 0.3) is 11.8 Å². The first-order valence-corrected chi connectivity index (χ1v) is 15.7. The summed E-state index contributed by atoms with van der Waals surface area (Å²) in [6.07, 6.45) is 0. The topological polar surface area (TPSA) is 106 Å². The van der Waals surface area contributed by atoms with Gasteiger partial charge < -0.3 is 30.2 Å². The number of nitrogens with zero attached hydrogens (tertiary/aromatic N) is 6. The standard InChI is InChI=1S/C34H46N8O3/c1-22(2)42-31-23(3)17-40(28-14-10-26(11-15-28)33(44)39(6)7)21-29(31)30(37-42)32(43)35-16-24-8-12-27(13-9-24)36-34(45)41-19-25(20-41)18-38(4)5/h8-15,22-23,25H,16-21H2,1-7H3,(H,35,43)(H,36,45)/t23-/m0/s1. The summed E-state index contributed by atoms with van der Waals surface area (Å²) < 4.78 is 1.99. The van der Waals surface area contributed by atoms with E-state index in [9.17, 15) is 14.4 Å². The quantitative estimate of drug-likeness (QED) is 0.374. The molecule has 3 aromatic rings. The van der Waals surface area contributed by atoms with Gasteiger partial charge in [0.15, 0.2) is 5.69 Å². The van der Waals surface area contributed by atoms with Crippen LogP contribution in [0.25, 0.3) is 0 Å². The lowest BCUT2D eigenvalue weighted by molar-refractivity contribution is 0.0827. The number of hydrogen-bond donors (Lipinski definition) is 2. The van der Waals surface area contributed by atoms with Crippen LogP contribution in [0.5, 0.6) is 0 Å². The van der Waals surface area contributed by atoms with E-state index in [4.69, 9.17) is 5.10 Å². The van der Waals surface area contributed by atoms with Gasteiger partial charge >= 0.3 is 6.03 Å². The highest BCUT2D eigenvalue weighted by atomic mass is 16.2. The van der Waals surface area contributed by atoms with Gasteiger partial charge in [0.2, 0.25) is 0 Å². The van der Waals surface area contributed by atoms with Gasteiger partial charge in [0, 0.05) is 99.4 Å². The van der Waals surface area contributed by atoms with E-state index in [1.807, 2.05) is 72.2 Å². The zero-order chi connectivity index (χ0) is 32.4. The minimum atomic E-state index is -0.214. The Kier molecular flexibility index (Phi) is 9.48. The van der Waals surface area contributed by atoms with Gasteiger partial charge in [0.1, 0.15) is 0 Å². The third kappa shape index (κ3) is 7.14. The zero-order valence-electron chi connectivity index (χ0n) is 27.5. The third-order valence-electron chi connectivity index (χ3n) is 8.48. The Morgan fingerprint density at radius 3 is 2.22 bits per heavy atom. The van der Waals surface area contributed by atoms with E-state index in [1.165, 1.54) is 0 Å². The van der Waals surface area contributed by atoms with Crippen LogP contribution in [-0.2, 0) is 13.1 Å². The normalized spacial score (nSPS) is 16.4. The maximum Gasteiger partial charge on any atom is 0.321 e. The minimum absolute atomic E-state index is 0.0343. The molecule has 11 nitrogen and oxygen atoms in total.